The first-order valence-electron chi connectivity index (χ1n) is 9.12. The Morgan fingerprint density at radius 2 is 1.93 bits per heavy atom. The number of para-hydroxylation sites is 1. The minimum atomic E-state index is 0.517. The Labute approximate surface area is 171 Å². The third-order valence-corrected chi connectivity index (χ3v) is 5.79. The first-order valence-corrected chi connectivity index (χ1v) is 10.5. The average Bonchev–Trinajstić information content (AvgIpc) is 3.30. The maximum Gasteiger partial charge on any atom is 0.226 e. The van der Waals surface area contributed by atoms with Crippen LogP contribution in [0.5, 0.6) is 0 Å². The number of hydrogen-bond donors (Lipinski definition) is 0. The average molecular weight is 409 g/mol. The molecule has 1 aliphatic rings. The van der Waals surface area contributed by atoms with Crippen LogP contribution in [0.15, 0.2) is 70.4 Å². The molecule has 2 aromatic heterocycles. The lowest BCUT2D eigenvalue weighted by molar-refractivity contribution is 0.573. The van der Waals surface area contributed by atoms with Gasteiger partial charge in [0.15, 0.2) is 5.16 Å². The lowest BCUT2D eigenvalue weighted by Gasteiger charge is -2.09. The van der Waals surface area contributed by atoms with Crippen LogP contribution in [0.3, 0.4) is 0 Å². The zero-order valence-corrected chi connectivity index (χ0v) is 16.5. The lowest BCUT2D eigenvalue weighted by Crippen LogP contribution is -2.01. The highest BCUT2D eigenvalue weighted by molar-refractivity contribution is 7.98. The monoisotopic (exact) mass is 408 g/mol. The molecule has 0 radical (unpaired) electrons. The van der Waals surface area contributed by atoms with Gasteiger partial charge in [-0.2, -0.15) is 0 Å². The molecule has 0 spiro atoms. The van der Waals surface area contributed by atoms with Crippen molar-refractivity contribution in [2.45, 2.75) is 29.7 Å². The Morgan fingerprint density at radius 1 is 1.07 bits per heavy atom. The highest BCUT2D eigenvalue weighted by Gasteiger charge is 2.31. The van der Waals surface area contributed by atoms with Gasteiger partial charge >= 0.3 is 0 Å². The van der Waals surface area contributed by atoms with Crippen molar-refractivity contribution < 1.29 is 4.42 Å². The van der Waals surface area contributed by atoms with Gasteiger partial charge in [0.1, 0.15) is 12.1 Å². The number of thioether (sulfide) groups is 1. The third kappa shape index (κ3) is 3.57. The molecule has 28 heavy (non-hydrogen) atoms. The summed E-state index contributed by atoms with van der Waals surface area (Å²) in [6.45, 7) is 0. The molecule has 2 aromatic carbocycles. The van der Waals surface area contributed by atoms with Gasteiger partial charge in [0, 0.05) is 27.9 Å². The van der Waals surface area contributed by atoms with E-state index in [1.165, 1.54) is 12.8 Å². The second kappa shape index (κ2) is 7.45. The molecule has 0 unspecified atom stereocenters. The number of hydrogen-bond acceptors (Lipinski definition) is 5. The topological polar surface area (TPSA) is 56.7 Å². The van der Waals surface area contributed by atoms with Crippen molar-refractivity contribution >= 4 is 23.4 Å². The van der Waals surface area contributed by atoms with Crippen LogP contribution in [0.4, 0.5) is 0 Å². The zero-order valence-electron chi connectivity index (χ0n) is 15.0. The van der Waals surface area contributed by atoms with Crippen molar-refractivity contribution in [3.63, 3.8) is 0 Å². The Balaban J connectivity index is 1.38. The second-order valence-electron chi connectivity index (χ2n) is 6.73. The Bertz CT molecular complexity index is 1100. The van der Waals surface area contributed by atoms with Crippen LogP contribution in [0.25, 0.3) is 17.1 Å². The number of halogens is 1. The number of nitrogens with zero attached hydrogens (tertiary/aromatic N) is 4. The number of rotatable bonds is 6. The molecule has 0 N–H and O–H groups in total. The molecule has 0 bridgehead atoms. The predicted octanol–water partition coefficient (Wildman–Crippen LogP) is 5.75. The van der Waals surface area contributed by atoms with Gasteiger partial charge in [0.25, 0.3) is 0 Å². The van der Waals surface area contributed by atoms with Gasteiger partial charge in [-0.1, -0.05) is 47.6 Å². The van der Waals surface area contributed by atoms with Gasteiger partial charge in [-0.15, -0.1) is 10.2 Å². The predicted molar refractivity (Wildman–Crippen MR) is 110 cm³/mol. The second-order valence-corrected chi connectivity index (χ2v) is 8.11. The minimum absolute atomic E-state index is 0.517. The number of oxazole rings is 1. The van der Waals surface area contributed by atoms with Gasteiger partial charge in [0.05, 0.1) is 5.69 Å². The van der Waals surface area contributed by atoms with Crippen LogP contribution in [0, 0.1) is 0 Å². The van der Waals surface area contributed by atoms with Gasteiger partial charge in [-0.3, -0.25) is 4.57 Å². The standard InChI is InChI=1S/C21H17ClN4OS/c22-16-6-4-5-15(11-16)20-23-17(12-27-20)13-28-21-25-24-19(14-9-10-14)26(21)18-7-2-1-3-8-18/h1-8,11-12,14H,9-10,13H2. The molecule has 0 atom stereocenters. The first-order chi connectivity index (χ1) is 13.8. The highest BCUT2D eigenvalue weighted by atomic mass is 35.5. The molecule has 0 amide bonds. The molecule has 1 saturated carbocycles. The molecule has 2 heterocycles. The summed E-state index contributed by atoms with van der Waals surface area (Å²) in [6.07, 6.45) is 4.05. The largest absolute Gasteiger partial charge is 0.444 e. The van der Waals surface area contributed by atoms with E-state index < -0.39 is 0 Å². The summed E-state index contributed by atoms with van der Waals surface area (Å²) < 4.78 is 7.80. The van der Waals surface area contributed by atoms with Crippen LogP contribution >= 0.6 is 23.4 Å². The van der Waals surface area contributed by atoms with Crippen LogP contribution in [0.2, 0.25) is 5.02 Å². The maximum absolute atomic E-state index is 6.06. The van der Waals surface area contributed by atoms with Gasteiger partial charge in [-0.05, 0) is 43.2 Å². The van der Waals surface area contributed by atoms with Crippen molar-refractivity contribution in [3.8, 4) is 17.1 Å². The van der Waals surface area contributed by atoms with E-state index in [0.29, 0.717) is 22.6 Å². The van der Waals surface area contributed by atoms with Crippen LogP contribution in [0.1, 0.15) is 30.3 Å². The van der Waals surface area contributed by atoms with E-state index in [9.17, 15) is 0 Å². The Morgan fingerprint density at radius 3 is 2.71 bits per heavy atom. The SMILES string of the molecule is Clc1cccc(-c2nc(CSc3nnc(C4CC4)n3-c3ccccc3)co2)c1. The van der Waals surface area contributed by atoms with Crippen LogP contribution < -0.4 is 0 Å². The minimum Gasteiger partial charge on any atom is -0.444 e. The van der Waals surface area contributed by atoms with E-state index in [4.69, 9.17) is 16.0 Å². The van der Waals surface area contributed by atoms with Crippen molar-refractivity contribution in [3.05, 3.63) is 77.4 Å². The molecule has 0 saturated heterocycles. The maximum atomic E-state index is 6.06. The highest BCUT2D eigenvalue weighted by Crippen LogP contribution is 2.41. The van der Waals surface area contributed by atoms with Crippen LogP contribution in [-0.4, -0.2) is 19.7 Å². The Hall–Kier alpha value is -2.57. The van der Waals surface area contributed by atoms with E-state index in [1.807, 2.05) is 42.5 Å². The summed E-state index contributed by atoms with van der Waals surface area (Å²) in [5.41, 5.74) is 2.82. The van der Waals surface area contributed by atoms with E-state index in [1.54, 1.807) is 18.0 Å². The van der Waals surface area contributed by atoms with Crippen molar-refractivity contribution in [1.82, 2.24) is 19.7 Å². The fourth-order valence-corrected chi connectivity index (χ4v) is 4.09. The summed E-state index contributed by atoms with van der Waals surface area (Å²) in [7, 11) is 0. The Kier molecular flexibility index (Phi) is 4.66. The van der Waals surface area contributed by atoms with E-state index in [-0.39, 0.29) is 0 Å². The molecule has 5 nitrogen and oxygen atoms in total. The van der Waals surface area contributed by atoms with Gasteiger partial charge < -0.3 is 4.42 Å². The summed E-state index contributed by atoms with van der Waals surface area (Å²) >= 11 is 7.67. The molecule has 7 heteroatoms. The zero-order chi connectivity index (χ0) is 18.9. The summed E-state index contributed by atoms with van der Waals surface area (Å²) in [5, 5.41) is 10.4. The summed E-state index contributed by atoms with van der Waals surface area (Å²) in [4.78, 5) is 4.59. The van der Waals surface area contributed by atoms with E-state index in [0.717, 1.165) is 27.9 Å². The first kappa shape index (κ1) is 17.5. The molecule has 1 aliphatic carbocycles. The number of benzene rings is 2. The fraction of sp³-hybridized carbons (Fsp3) is 0.190. The summed E-state index contributed by atoms with van der Waals surface area (Å²) in [5.74, 6) is 2.79. The lowest BCUT2D eigenvalue weighted by atomic mass is 10.2. The van der Waals surface area contributed by atoms with Crippen molar-refractivity contribution in [1.29, 1.82) is 0 Å². The van der Waals surface area contributed by atoms with E-state index >= 15 is 0 Å². The molecule has 5 rings (SSSR count). The molecule has 0 aliphatic heterocycles. The molecule has 1 fully saturated rings. The van der Waals surface area contributed by atoms with Crippen LogP contribution in [-0.2, 0) is 5.75 Å². The molecular formula is C21H17ClN4OS. The van der Waals surface area contributed by atoms with E-state index in [2.05, 4.69) is 31.9 Å². The molecule has 4 aromatic rings. The molecule has 140 valence electrons. The van der Waals surface area contributed by atoms with Crippen molar-refractivity contribution in [2.24, 2.45) is 0 Å². The van der Waals surface area contributed by atoms with Crippen molar-refractivity contribution in [2.75, 3.05) is 0 Å². The smallest absolute Gasteiger partial charge is 0.226 e. The quantitative estimate of drug-likeness (QED) is 0.380. The molecular weight excluding hydrogens is 392 g/mol. The van der Waals surface area contributed by atoms with Gasteiger partial charge in [0.2, 0.25) is 5.89 Å². The normalized spacial score (nSPS) is 13.8. The summed E-state index contributed by atoms with van der Waals surface area (Å²) in [6, 6.07) is 17.8. The number of aromatic nitrogens is 4. The fourth-order valence-electron chi connectivity index (χ4n) is 3.07. The third-order valence-electron chi connectivity index (χ3n) is 4.59. The van der Waals surface area contributed by atoms with Gasteiger partial charge in [-0.25, -0.2) is 4.98 Å².